The number of carbonyl (C=O) groups is 1. The number of nitrogens with zero attached hydrogens (tertiary/aromatic N) is 2. The Kier molecular flexibility index (Phi) is 4.57. The lowest BCUT2D eigenvalue weighted by Gasteiger charge is -2.34. The molecule has 2 aromatic carbocycles. The molecule has 1 aliphatic rings. The maximum absolute atomic E-state index is 12.9. The van der Waals surface area contributed by atoms with E-state index in [0.717, 1.165) is 25.3 Å². The van der Waals surface area contributed by atoms with Crippen molar-refractivity contribution >= 4 is 11.6 Å². The minimum absolute atomic E-state index is 0.0337. The quantitative estimate of drug-likeness (QED) is 0.885. The fourth-order valence-corrected chi connectivity index (χ4v) is 2.83. The van der Waals surface area contributed by atoms with Crippen molar-refractivity contribution in [2.75, 3.05) is 31.9 Å². The molecule has 1 heterocycles. The van der Waals surface area contributed by atoms with Gasteiger partial charge in [0.05, 0.1) is 0 Å². The first kappa shape index (κ1) is 15.5. The summed E-state index contributed by atoms with van der Waals surface area (Å²) in [6, 6.07) is 13.6. The lowest BCUT2D eigenvalue weighted by Crippen LogP contribution is -2.48. The van der Waals surface area contributed by atoms with Gasteiger partial charge in [-0.2, -0.15) is 0 Å². The normalized spacial score (nSPS) is 15.6. The number of benzene rings is 2. The van der Waals surface area contributed by atoms with Gasteiger partial charge in [0, 0.05) is 44.0 Å². The Labute approximate surface area is 135 Å². The fourth-order valence-electron chi connectivity index (χ4n) is 2.83. The number of nitrogens with two attached hydrogens (primary N) is 1. The highest BCUT2D eigenvalue weighted by Gasteiger charge is 2.22. The molecule has 1 aliphatic heterocycles. The van der Waals surface area contributed by atoms with E-state index in [2.05, 4.69) is 11.0 Å². The zero-order valence-corrected chi connectivity index (χ0v) is 12.9. The molecule has 0 spiro atoms. The van der Waals surface area contributed by atoms with Gasteiger partial charge in [-0.1, -0.05) is 12.1 Å². The van der Waals surface area contributed by atoms with E-state index in [1.807, 2.05) is 23.1 Å². The van der Waals surface area contributed by atoms with Crippen molar-refractivity contribution in [2.45, 2.75) is 6.54 Å². The van der Waals surface area contributed by atoms with Crippen molar-refractivity contribution in [3.63, 3.8) is 0 Å². The van der Waals surface area contributed by atoms with Crippen LogP contribution in [-0.2, 0) is 6.54 Å². The zero-order chi connectivity index (χ0) is 16.2. The monoisotopic (exact) mass is 313 g/mol. The summed E-state index contributed by atoms with van der Waals surface area (Å²) in [4.78, 5) is 16.5. The van der Waals surface area contributed by atoms with Gasteiger partial charge in [0.15, 0.2) is 0 Å². The average Bonchev–Trinajstić information content (AvgIpc) is 2.56. The van der Waals surface area contributed by atoms with Crippen LogP contribution in [0.3, 0.4) is 0 Å². The molecular formula is C18H20FN3O. The lowest BCUT2D eigenvalue weighted by molar-refractivity contribution is 0.0628. The number of piperazine rings is 1. The topological polar surface area (TPSA) is 49.6 Å². The number of nitrogen functional groups attached to an aromatic ring is 1. The largest absolute Gasteiger partial charge is 0.399 e. The summed E-state index contributed by atoms with van der Waals surface area (Å²) in [5, 5.41) is 0. The van der Waals surface area contributed by atoms with Gasteiger partial charge in [0.1, 0.15) is 5.82 Å². The van der Waals surface area contributed by atoms with Crippen molar-refractivity contribution in [1.29, 1.82) is 0 Å². The number of rotatable bonds is 3. The Balaban J connectivity index is 1.55. The van der Waals surface area contributed by atoms with E-state index >= 15 is 0 Å². The van der Waals surface area contributed by atoms with Crippen LogP contribution in [0, 0.1) is 5.82 Å². The highest BCUT2D eigenvalue weighted by atomic mass is 19.1. The summed E-state index contributed by atoms with van der Waals surface area (Å²) >= 11 is 0. The van der Waals surface area contributed by atoms with Crippen LogP contribution in [-0.4, -0.2) is 41.9 Å². The standard InChI is InChI=1S/C18H20FN3O/c19-16-6-4-15(5-7-16)18(23)22-10-8-21(9-11-22)13-14-2-1-3-17(20)12-14/h1-7,12H,8-11,13,20H2. The first-order valence-corrected chi connectivity index (χ1v) is 7.73. The van der Waals surface area contributed by atoms with Crippen molar-refractivity contribution in [3.05, 3.63) is 65.5 Å². The molecule has 0 saturated carbocycles. The van der Waals surface area contributed by atoms with Crippen molar-refractivity contribution < 1.29 is 9.18 Å². The molecule has 3 rings (SSSR count). The summed E-state index contributed by atoms with van der Waals surface area (Å²) in [6.45, 7) is 3.84. The highest BCUT2D eigenvalue weighted by molar-refractivity contribution is 5.94. The number of halogens is 1. The van der Waals surface area contributed by atoms with E-state index in [0.29, 0.717) is 18.7 Å². The van der Waals surface area contributed by atoms with Gasteiger partial charge in [-0.25, -0.2) is 4.39 Å². The van der Waals surface area contributed by atoms with Gasteiger partial charge >= 0.3 is 0 Å². The molecule has 2 aromatic rings. The van der Waals surface area contributed by atoms with Gasteiger partial charge in [0.25, 0.3) is 5.91 Å². The third-order valence-corrected chi connectivity index (χ3v) is 4.11. The Hall–Kier alpha value is -2.40. The number of carbonyl (C=O) groups excluding carboxylic acids is 1. The molecule has 0 bridgehead atoms. The minimum atomic E-state index is -0.325. The summed E-state index contributed by atoms with van der Waals surface area (Å²) in [7, 11) is 0. The third-order valence-electron chi connectivity index (χ3n) is 4.11. The number of hydrogen-bond acceptors (Lipinski definition) is 3. The highest BCUT2D eigenvalue weighted by Crippen LogP contribution is 2.13. The van der Waals surface area contributed by atoms with Crippen LogP contribution in [0.15, 0.2) is 48.5 Å². The number of hydrogen-bond donors (Lipinski definition) is 1. The first-order valence-electron chi connectivity index (χ1n) is 7.73. The number of anilines is 1. The summed E-state index contributed by atoms with van der Waals surface area (Å²) in [5.41, 5.74) is 8.29. The van der Waals surface area contributed by atoms with Crippen LogP contribution in [0.2, 0.25) is 0 Å². The zero-order valence-electron chi connectivity index (χ0n) is 12.9. The molecule has 4 nitrogen and oxygen atoms in total. The Bertz CT molecular complexity index is 679. The Morgan fingerprint density at radius 1 is 1.04 bits per heavy atom. The molecule has 0 aromatic heterocycles. The van der Waals surface area contributed by atoms with Gasteiger partial charge in [-0.05, 0) is 42.0 Å². The molecule has 0 radical (unpaired) electrons. The third kappa shape index (κ3) is 3.87. The number of amides is 1. The van der Waals surface area contributed by atoms with Crippen LogP contribution < -0.4 is 5.73 Å². The van der Waals surface area contributed by atoms with Crippen LogP contribution in [0.5, 0.6) is 0 Å². The molecule has 0 unspecified atom stereocenters. The fraction of sp³-hybridized carbons (Fsp3) is 0.278. The predicted molar refractivity (Wildman–Crippen MR) is 88.4 cm³/mol. The molecule has 5 heteroatoms. The average molecular weight is 313 g/mol. The molecule has 0 atom stereocenters. The van der Waals surface area contributed by atoms with E-state index < -0.39 is 0 Å². The van der Waals surface area contributed by atoms with E-state index in [1.165, 1.54) is 29.8 Å². The molecule has 2 N–H and O–H groups in total. The van der Waals surface area contributed by atoms with Crippen LogP contribution in [0.4, 0.5) is 10.1 Å². The maximum atomic E-state index is 12.9. The maximum Gasteiger partial charge on any atom is 0.253 e. The van der Waals surface area contributed by atoms with E-state index in [9.17, 15) is 9.18 Å². The predicted octanol–water partition coefficient (Wildman–Crippen LogP) is 2.37. The van der Waals surface area contributed by atoms with Crippen molar-refractivity contribution in [2.24, 2.45) is 0 Å². The minimum Gasteiger partial charge on any atom is -0.399 e. The first-order chi connectivity index (χ1) is 11.1. The van der Waals surface area contributed by atoms with E-state index in [1.54, 1.807) is 0 Å². The smallest absolute Gasteiger partial charge is 0.253 e. The van der Waals surface area contributed by atoms with Gasteiger partial charge in [-0.3, -0.25) is 9.69 Å². The van der Waals surface area contributed by atoms with E-state index in [-0.39, 0.29) is 11.7 Å². The molecule has 23 heavy (non-hydrogen) atoms. The van der Waals surface area contributed by atoms with Crippen molar-refractivity contribution in [3.8, 4) is 0 Å². The van der Waals surface area contributed by atoms with E-state index in [4.69, 9.17) is 5.73 Å². The second-order valence-corrected chi connectivity index (χ2v) is 5.82. The molecule has 0 aliphatic carbocycles. The second-order valence-electron chi connectivity index (χ2n) is 5.82. The Morgan fingerprint density at radius 3 is 2.39 bits per heavy atom. The molecule has 1 amide bonds. The molecule has 120 valence electrons. The van der Waals surface area contributed by atoms with Crippen LogP contribution in [0.25, 0.3) is 0 Å². The SMILES string of the molecule is Nc1cccc(CN2CCN(C(=O)c3ccc(F)cc3)CC2)c1. The van der Waals surface area contributed by atoms with Gasteiger partial charge < -0.3 is 10.6 Å². The van der Waals surface area contributed by atoms with Gasteiger partial charge in [-0.15, -0.1) is 0 Å². The van der Waals surface area contributed by atoms with Gasteiger partial charge in [0.2, 0.25) is 0 Å². The second kappa shape index (κ2) is 6.79. The Morgan fingerprint density at radius 2 is 1.74 bits per heavy atom. The van der Waals surface area contributed by atoms with Crippen molar-refractivity contribution in [1.82, 2.24) is 9.80 Å². The molecular weight excluding hydrogens is 293 g/mol. The summed E-state index contributed by atoms with van der Waals surface area (Å²) in [6.07, 6.45) is 0. The molecule has 1 fully saturated rings. The molecule has 1 saturated heterocycles. The summed E-state index contributed by atoms with van der Waals surface area (Å²) in [5.74, 6) is -0.359. The lowest BCUT2D eigenvalue weighted by atomic mass is 10.1. The van der Waals surface area contributed by atoms with Crippen LogP contribution in [0.1, 0.15) is 15.9 Å². The van der Waals surface area contributed by atoms with Crippen LogP contribution >= 0.6 is 0 Å². The summed E-state index contributed by atoms with van der Waals surface area (Å²) < 4.78 is 12.9.